The van der Waals surface area contributed by atoms with Gasteiger partial charge in [-0.3, -0.25) is 4.79 Å². The lowest BCUT2D eigenvalue weighted by Gasteiger charge is -2.39. The fourth-order valence-electron chi connectivity index (χ4n) is 3.09. The van der Waals surface area contributed by atoms with Crippen LogP contribution in [0, 0.1) is 5.92 Å². The molecule has 0 radical (unpaired) electrons. The molecular formula is C16H23NO3S. The highest BCUT2D eigenvalue weighted by molar-refractivity contribution is 7.09. The summed E-state index contributed by atoms with van der Waals surface area (Å²) in [6, 6.07) is 4.06. The Kier molecular flexibility index (Phi) is 5.39. The fraction of sp³-hybridized carbons (Fsp3) is 0.625. The summed E-state index contributed by atoms with van der Waals surface area (Å²) in [4.78, 5) is 25.1. The quantitative estimate of drug-likeness (QED) is 0.848. The van der Waals surface area contributed by atoms with E-state index in [0.29, 0.717) is 12.8 Å². The molecule has 0 aromatic carbocycles. The Morgan fingerprint density at radius 3 is 2.90 bits per heavy atom. The van der Waals surface area contributed by atoms with Gasteiger partial charge in [-0.15, -0.1) is 11.3 Å². The minimum atomic E-state index is -1.06. The zero-order valence-electron chi connectivity index (χ0n) is 12.4. The average molecular weight is 309 g/mol. The van der Waals surface area contributed by atoms with Gasteiger partial charge in [-0.1, -0.05) is 25.8 Å². The molecule has 116 valence electrons. The summed E-state index contributed by atoms with van der Waals surface area (Å²) >= 11 is 1.69. The van der Waals surface area contributed by atoms with Crippen LogP contribution < -0.4 is 5.32 Å². The van der Waals surface area contributed by atoms with E-state index in [-0.39, 0.29) is 11.8 Å². The average Bonchev–Trinajstić information content (AvgIpc) is 2.94. The normalized spacial score (nSPS) is 25.5. The van der Waals surface area contributed by atoms with Crippen LogP contribution in [0.1, 0.15) is 50.3 Å². The number of hydrogen-bond acceptors (Lipinski definition) is 3. The van der Waals surface area contributed by atoms with Crippen molar-refractivity contribution >= 4 is 23.2 Å². The summed E-state index contributed by atoms with van der Waals surface area (Å²) in [6.45, 7) is 1.93. The fourth-order valence-corrected chi connectivity index (χ4v) is 3.84. The number of hydrogen-bond donors (Lipinski definition) is 2. The Hall–Kier alpha value is -1.36. The summed E-state index contributed by atoms with van der Waals surface area (Å²) in [7, 11) is 0. The molecule has 0 bridgehead atoms. The van der Waals surface area contributed by atoms with Gasteiger partial charge in [0, 0.05) is 11.3 Å². The Bertz CT molecular complexity index is 486. The molecule has 1 heterocycles. The summed E-state index contributed by atoms with van der Waals surface area (Å²) in [5, 5.41) is 14.4. The molecule has 0 spiro atoms. The van der Waals surface area contributed by atoms with Crippen molar-refractivity contribution in [1.82, 2.24) is 5.32 Å². The number of carboxylic acids is 1. The maximum Gasteiger partial charge on any atom is 0.329 e. The van der Waals surface area contributed by atoms with Crippen molar-refractivity contribution in [3.05, 3.63) is 22.4 Å². The number of aryl methyl sites for hydroxylation is 1. The Balaban J connectivity index is 1.88. The van der Waals surface area contributed by atoms with Gasteiger partial charge in [0.1, 0.15) is 5.54 Å². The zero-order valence-corrected chi connectivity index (χ0v) is 13.2. The Morgan fingerprint density at radius 1 is 1.48 bits per heavy atom. The van der Waals surface area contributed by atoms with Crippen molar-refractivity contribution in [1.29, 1.82) is 0 Å². The van der Waals surface area contributed by atoms with Gasteiger partial charge in [-0.2, -0.15) is 0 Å². The van der Waals surface area contributed by atoms with E-state index in [0.717, 1.165) is 32.1 Å². The summed E-state index contributed by atoms with van der Waals surface area (Å²) < 4.78 is 0. The molecule has 2 atom stereocenters. The highest BCUT2D eigenvalue weighted by atomic mass is 32.1. The van der Waals surface area contributed by atoms with Crippen molar-refractivity contribution < 1.29 is 14.7 Å². The molecule has 5 heteroatoms. The molecule has 1 aliphatic carbocycles. The molecule has 4 nitrogen and oxygen atoms in total. The molecule has 2 N–H and O–H groups in total. The molecule has 1 amide bonds. The number of carbonyl (C=O) groups is 2. The second kappa shape index (κ2) is 7.07. The molecule has 2 unspecified atom stereocenters. The van der Waals surface area contributed by atoms with E-state index >= 15 is 0 Å². The van der Waals surface area contributed by atoms with E-state index in [2.05, 4.69) is 11.4 Å². The van der Waals surface area contributed by atoms with E-state index in [1.54, 1.807) is 11.3 Å². The lowest BCUT2D eigenvalue weighted by atomic mass is 9.73. The SMILES string of the molecule is CC1CCCCC1(NC(=O)CCCc1cccs1)C(=O)O. The molecule has 1 aromatic rings. The number of aliphatic carboxylic acids is 1. The molecule has 1 aromatic heterocycles. The van der Waals surface area contributed by atoms with E-state index in [9.17, 15) is 14.7 Å². The van der Waals surface area contributed by atoms with E-state index in [4.69, 9.17) is 0 Å². The van der Waals surface area contributed by atoms with Gasteiger partial charge in [0.2, 0.25) is 5.91 Å². The van der Waals surface area contributed by atoms with Gasteiger partial charge in [0.25, 0.3) is 0 Å². The molecular weight excluding hydrogens is 286 g/mol. The van der Waals surface area contributed by atoms with Crippen LogP contribution >= 0.6 is 11.3 Å². The van der Waals surface area contributed by atoms with Gasteiger partial charge >= 0.3 is 5.97 Å². The first kappa shape index (κ1) is 16.0. The predicted molar refractivity (Wildman–Crippen MR) is 83.4 cm³/mol. The number of nitrogens with one attached hydrogen (secondary N) is 1. The molecule has 0 saturated heterocycles. The van der Waals surface area contributed by atoms with Gasteiger partial charge in [0.15, 0.2) is 0 Å². The maximum absolute atomic E-state index is 12.1. The highest BCUT2D eigenvalue weighted by Crippen LogP contribution is 2.34. The van der Waals surface area contributed by atoms with Crippen molar-refractivity contribution in [2.45, 2.75) is 57.4 Å². The molecule has 2 rings (SSSR count). The molecule has 1 aliphatic rings. The monoisotopic (exact) mass is 309 g/mol. The smallest absolute Gasteiger partial charge is 0.329 e. The van der Waals surface area contributed by atoms with Crippen LogP contribution in [0.25, 0.3) is 0 Å². The Labute approximate surface area is 129 Å². The van der Waals surface area contributed by atoms with Crippen molar-refractivity contribution in [3.8, 4) is 0 Å². The first-order chi connectivity index (χ1) is 10.0. The van der Waals surface area contributed by atoms with Crippen LogP contribution in [0.4, 0.5) is 0 Å². The maximum atomic E-state index is 12.1. The third kappa shape index (κ3) is 3.84. The third-order valence-electron chi connectivity index (χ3n) is 4.45. The number of amides is 1. The van der Waals surface area contributed by atoms with Crippen LogP contribution in [-0.2, 0) is 16.0 Å². The largest absolute Gasteiger partial charge is 0.479 e. The van der Waals surface area contributed by atoms with Crippen LogP contribution in [0.15, 0.2) is 17.5 Å². The molecule has 0 aliphatic heterocycles. The lowest BCUT2D eigenvalue weighted by Crippen LogP contribution is -2.59. The van der Waals surface area contributed by atoms with E-state index < -0.39 is 11.5 Å². The minimum Gasteiger partial charge on any atom is -0.479 e. The number of rotatable bonds is 6. The standard InChI is InChI=1S/C16H23NO3S/c1-12-6-2-3-10-16(12,15(19)20)17-14(18)9-4-7-13-8-5-11-21-13/h5,8,11-12H,2-4,6-7,9-10H2,1H3,(H,17,18)(H,19,20). The molecule has 1 saturated carbocycles. The van der Waals surface area contributed by atoms with Crippen LogP contribution in [-0.4, -0.2) is 22.5 Å². The molecule has 1 fully saturated rings. The molecule has 21 heavy (non-hydrogen) atoms. The number of carboxylic acid groups (broad SMARTS) is 1. The zero-order chi connectivity index (χ0) is 15.3. The summed E-state index contributed by atoms with van der Waals surface area (Å²) in [5.74, 6) is -1.03. The van der Waals surface area contributed by atoms with Gasteiger partial charge in [-0.25, -0.2) is 4.79 Å². The first-order valence-corrected chi connectivity index (χ1v) is 8.49. The minimum absolute atomic E-state index is 0.00926. The van der Waals surface area contributed by atoms with E-state index in [1.807, 2.05) is 18.4 Å². The summed E-state index contributed by atoms with van der Waals surface area (Å²) in [5.41, 5.74) is -1.06. The predicted octanol–water partition coefficient (Wildman–Crippen LogP) is 3.22. The number of carbonyl (C=O) groups excluding carboxylic acids is 1. The second-order valence-corrected chi connectivity index (χ2v) is 6.94. The number of thiophene rings is 1. The van der Waals surface area contributed by atoms with E-state index in [1.165, 1.54) is 4.88 Å². The van der Waals surface area contributed by atoms with Gasteiger partial charge in [0.05, 0.1) is 0 Å². The van der Waals surface area contributed by atoms with Crippen LogP contribution in [0.5, 0.6) is 0 Å². The highest BCUT2D eigenvalue weighted by Gasteiger charge is 2.46. The lowest BCUT2D eigenvalue weighted by molar-refractivity contribution is -0.152. The van der Waals surface area contributed by atoms with Crippen molar-refractivity contribution in [3.63, 3.8) is 0 Å². The van der Waals surface area contributed by atoms with Crippen molar-refractivity contribution in [2.24, 2.45) is 5.92 Å². The van der Waals surface area contributed by atoms with Crippen molar-refractivity contribution in [2.75, 3.05) is 0 Å². The first-order valence-electron chi connectivity index (χ1n) is 7.61. The third-order valence-corrected chi connectivity index (χ3v) is 5.39. The Morgan fingerprint density at radius 2 is 2.29 bits per heavy atom. The van der Waals surface area contributed by atoms with Crippen LogP contribution in [0.3, 0.4) is 0 Å². The second-order valence-electron chi connectivity index (χ2n) is 5.90. The van der Waals surface area contributed by atoms with Gasteiger partial charge in [-0.05, 0) is 43.0 Å². The topological polar surface area (TPSA) is 66.4 Å². The van der Waals surface area contributed by atoms with Gasteiger partial charge < -0.3 is 10.4 Å². The summed E-state index contributed by atoms with van der Waals surface area (Å²) in [6.07, 6.45) is 5.34. The van der Waals surface area contributed by atoms with Crippen LogP contribution in [0.2, 0.25) is 0 Å².